The number of aromatic nitrogens is 1. The molecule has 0 aromatic carbocycles. The summed E-state index contributed by atoms with van der Waals surface area (Å²) < 4.78 is 0. The molecule has 0 aliphatic carbocycles. The Morgan fingerprint density at radius 2 is 2.31 bits per heavy atom. The number of hydrogen-bond acceptors (Lipinski definition) is 3. The summed E-state index contributed by atoms with van der Waals surface area (Å²) in [5.74, 6) is -1.15. The number of carboxylic acid groups (broad SMARTS) is 1. The van der Waals surface area contributed by atoms with Gasteiger partial charge >= 0.3 is 5.97 Å². The van der Waals surface area contributed by atoms with Crippen LogP contribution in [0.5, 0.6) is 0 Å². The predicted octanol–water partition coefficient (Wildman–Crippen LogP) is 1.12. The van der Waals surface area contributed by atoms with Gasteiger partial charge in [0.05, 0.1) is 17.3 Å². The standard InChI is InChI=1S/C10H9ClN2O3/c11-6-3-9(14)13(5-6)7-1-2-8(10(15)16)12-4-7/h1-2,4,6H,3,5H2,(H,15,16). The summed E-state index contributed by atoms with van der Waals surface area (Å²) in [6, 6.07) is 2.93. The lowest BCUT2D eigenvalue weighted by atomic mass is 10.3. The molecule has 1 N–H and O–H groups in total. The second-order valence-electron chi connectivity index (χ2n) is 3.51. The van der Waals surface area contributed by atoms with E-state index in [1.54, 1.807) is 6.07 Å². The van der Waals surface area contributed by atoms with Crippen molar-refractivity contribution in [3.8, 4) is 0 Å². The Kier molecular flexibility index (Phi) is 2.78. The summed E-state index contributed by atoms with van der Waals surface area (Å²) in [4.78, 5) is 27.3. The molecule has 1 aliphatic heterocycles. The molecule has 84 valence electrons. The largest absolute Gasteiger partial charge is 0.477 e. The number of anilines is 1. The first-order valence-corrected chi connectivity index (χ1v) is 5.15. The van der Waals surface area contributed by atoms with E-state index < -0.39 is 5.97 Å². The summed E-state index contributed by atoms with van der Waals surface area (Å²) in [7, 11) is 0. The minimum atomic E-state index is -1.09. The highest BCUT2D eigenvalue weighted by Gasteiger charge is 2.29. The van der Waals surface area contributed by atoms with Gasteiger partial charge in [-0.25, -0.2) is 9.78 Å². The van der Waals surface area contributed by atoms with Crippen molar-refractivity contribution in [2.75, 3.05) is 11.4 Å². The number of rotatable bonds is 2. The van der Waals surface area contributed by atoms with Crippen LogP contribution in [0.25, 0.3) is 0 Å². The zero-order chi connectivity index (χ0) is 11.7. The van der Waals surface area contributed by atoms with Crippen LogP contribution in [-0.2, 0) is 4.79 Å². The maximum absolute atomic E-state index is 11.5. The fourth-order valence-corrected chi connectivity index (χ4v) is 1.86. The van der Waals surface area contributed by atoms with Crippen LogP contribution in [0.2, 0.25) is 0 Å². The Morgan fingerprint density at radius 1 is 1.56 bits per heavy atom. The van der Waals surface area contributed by atoms with Crippen LogP contribution >= 0.6 is 11.6 Å². The van der Waals surface area contributed by atoms with E-state index in [2.05, 4.69) is 4.98 Å². The number of aromatic carboxylic acids is 1. The first-order chi connectivity index (χ1) is 7.58. The molecule has 0 spiro atoms. The molecule has 1 atom stereocenters. The third-order valence-corrected chi connectivity index (χ3v) is 2.65. The fraction of sp³-hybridized carbons (Fsp3) is 0.300. The molecule has 1 saturated heterocycles. The van der Waals surface area contributed by atoms with Crippen LogP contribution in [0.15, 0.2) is 18.3 Å². The first-order valence-electron chi connectivity index (χ1n) is 4.71. The molecule has 16 heavy (non-hydrogen) atoms. The van der Waals surface area contributed by atoms with Crippen LogP contribution < -0.4 is 4.90 Å². The number of pyridine rings is 1. The van der Waals surface area contributed by atoms with E-state index in [1.165, 1.54) is 17.2 Å². The summed E-state index contributed by atoms with van der Waals surface area (Å²) >= 11 is 5.86. The molecule has 2 heterocycles. The minimum Gasteiger partial charge on any atom is -0.477 e. The lowest BCUT2D eigenvalue weighted by molar-refractivity contribution is -0.117. The number of amides is 1. The quantitative estimate of drug-likeness (QED) is 0.787. The van der Waals surface area contributed by atoms with E-state index >= 15 is 0 Å². The monoisotopic (exact) mass is 240 g/mol. The molecule has 1 unspecified atom stereocenters. The van der Waals surface area contributed by atoms with Crippen molar-refractivity contribution >= 4 is 29.2 Å². The number of halogens is 1. The topological polar surface area (TPSA) is 70.5 Å². The van der Waals surface area contributed by atoms with E-state index in [0.29, 0.717) is 18.7 Å². The van der Waals surface area contributed by atoms with Gasteiger partial charge in [-0.3, -0.25) is 4.79 Å². The van der Waals surface area contributed by atoms with Gasteiger partial charge in [0.1, 0.15) is 5.69 Å². The van der Waals surface area contributed by atoms with Gasteiger partial charge in [0.15, 0.2) is 0 Å². The predicted molar refractivity (Wildman–Crippen MR) is 57.8 cm³/mol. The molecule has 1 amide bonds. The Labute approximate surface area is 96.7 Å². The van der Waals surface area contributed by atoms with Crippen molar-refractivity contribution in [2.45, 2.75) is 11.8 Å². The number of carboxylic acids is 1. The van der Waals surface area contributed by atoms with Gasteiger partial charge in [-0.2, -0.15) is 0 Å². The van der Waals surface area contributed by atoms with E-state index in [0.717, 1.165) is 0 Å². The SMILES string of the molecule is O=C(O)c1ccc(N2CC(Cl)CC2=O)cn1. The van der Waals surface area contributed by atoms with Crippen molar-refractivity contribution in [3.63, 3.8) is 0 Å². The van der Waals surface area contributed by atoms with Gasteiger partial charge in [0, 0.05) is 13.0 Å². The number of carbonyl (C=O) groups excluding carboxylic acids is 1. The summed E-state index contributed by atoms with van der Waals surface area (Å²) in [5.41, 5.74) is 0.538. The van der Waals surface area contributed by atoms with Gasteiger partial charge in [0.25, 0.3) is 0 Å². The Hall–Kier alpha value is -1.62. The fourth-order valence-electron chi connectivity index (χ4n) is 1.59. The van der Waals surface area contributed by atoms with Gasteiger partial charge in [-0.05, 0) is 12.1 Å². The van der Waals surface area contributed by atoms with Crippen LogP contribution in [-0.4, -0.2) is 33.9 Å². The maximum Gasteiger partial charge on any atom is 0.354 e. The first kappa shape index (κ1) is 10.9. The van der Waals surface area contributed by atoms with Crippen molar-refractivity contribution in [2.24, 2.45) is 0 Å². The Morgan fingerprint density at radius 3 is 2.75 bits per heavy atom. The molecule has 0 radical (unpaired) electrons. The Bertz CT molecular complexity index is 432. The second kappa shape index (κ2) is 4.09. The maximum atomic E-state index is 11.5. The lowest BCUT2D eigenvalue weighted by Crippen LogP contribution is -2.24. The third kappa shape index (κ3) is 1.99. The van der Waals surface area contributed by atoms with Gasteiger partial charge < -0.3 is 10.0 Å². The molecule has 1 fully saturated rings. The molecule has 0 saturated carbocycles. The molecule has 0 bridgehead atoms. The van der Waals surface area contributed by atoms with Gasteiger partial charge in [-0.1, -0.05) is 0 Å². The summed E-state index contributed by atoms with van der Waals surface area (Å²) in [6.45, 7) is 0.439. The van der Waals surface area contributed by atoms with Gasteiger partial charge in [-0.15, -0.1) is 11.6 Å². The van der Waals surface area contributed by atoms with Crippen molar-refractivity contribution in [1.29, 1.82) is 0 Å². The normalized spacial score (nSPS) is 20.2. The van der Waals surface area contributed by atoms with Crippen LogP contribution in [0.4, 0.5) is 5.69 Å². The molecule has 2 rings (SSSR count). The second-order valence-corrected chi connectivity index (χ2v) is 4.13. The third-order valence-electron chi connectivity index (χ3n) is 2.36. The van der Waals surface area contributed by atoms with E-state index in [9.17, 15) is 9.59 Å². The Balaban J connectivity index is 2.22. The highest BCUT2D eigenvalue weighted by atomic mass is 35.5. The van der Waals surface area contributed by atoms with E-state index in [4.69, 9.17) is 16.7 Å². The number of nitrogens with zero attached hydrogens (tertiary/aromatic N) is 2. The lowest BCUT2D eigenvalue weighted by Gasteiger charge is -2.15. The smallest absolute Gasteiger partial charge is 0.354 e. The van der Waals surface area contributed by atoms with E-state index in [1.807, 2.05) is 0 Å². The van der Waals surface area contributed by atoms with Crippen LogP contribution in [0, 0.1) is 0 Å². The highest BCUT2D eigenvalue weighted by Crippen LogP contribution is 2.23. The van der Waals surface area contributed by atoms with Crippen molar-refractivity contribution in [1.82, 2.24) is 4.98 Å². The zero-order valence-electron chi connectivity index (χ0n) is 8.26. The summed E-state index contributed by atoms with van der Waals surface area (Å²) in [5, 5.41) is 8.48. The molecule has 1 aromatic heterocycles. The number of hydrogen-bond donors (Lipinski definition) is 1. The van der Waals surface area contributed by atoms with Crippen LogP contribution in [0.3, 0.4) is 0 Å². The molecule has 1 aromatic rings. The molecular weight excluding hydrogens is 232 g/mol. The highest BCUT2D eigenvalue weighted by molar-refractivity contribution is 6.24. The average molecular weight is 241 g/mol. The molecule has 6 heteroatoms. The molecule has 1 aliphatic rings. The minimum absolute atomic E-state index is 0.0437. The molecule has 5 nitrogen and oxygen atoms in total. The zero-order valence-corrected chi connectivity index (χ0v) is 9.02. The van der Waals surface area contributed by atoms with Crippen molar-refractivity contribution in [3.05, 3.63) is 24.0 Å². The average Bonchev–Trinajstić information content (AvgIpc) is 2.58. The van der Waals surface area contributed by atoms with Crippen LogP contribution in [0.1, 0.15) is 16.9 Å². The number of alkyl halides is 1. The summed E-state index contributed by atoms with van der Waals surface area (Å²) in [6.07, 6.45) is 1.68. The number of carbonyl (C=O) groups is 2. The molecular formula is C10H9ClN2O3. The van der Waals surface area contributed by atoms with Gasteiger partial charge in [0.2, 0.25) is 5.91 Å². The van der Waals surface area contributed by atoms with E-state index in [-0.39, 0.29) is 17.0 Å². The van der Waals surface area contributed by atoms with Crippen molar-refractivity contribution < 1.29 is 14.7 Å².